The molecule has 3 rings (SSSR count). The minimum Gasteiger partial charge on any atom is -0.415 e. The molecular weight excluding hydrogens is 409 g/mol. The van der Waals surface area contributed by atoms with Gasteiger partial charge in [0.2, 0.25) is 11.7 Å². The Labute approximate surface area is 173 Å². The predicted octanol–water partition coefficient (Wildman–Crippen LogP) is 2.47. The van der Waals surface area contributed by atoms with Gasteiger partial charge < -0.3 is 20.5 Å². The van der Waals surface area contributed by atoms with Crippen molar-refractivity contribution >= 4 is 19.4 Å². The molecule has 0 aromatic heterocycles. The smallest absolute Gasteiger partial charge is 0.415 e. The first-order valence-electron chi connectivity index (χ1n) is 9.22. The van der Waals surface area contributed by atoms with Gasteiger partial charge >= 0.3 is 7.60 Å². The van der Waals surface area contributed by atoms with Gasteiger partial charge in [0, 0.05) is 6.42 Å². The van der Waals surface area contributed by atoms with Crippen LogP contribution in [0.5, 0.6) is 11.5 Å². The number of primary amides is 1. The average molecular weight is 431 g/mol. The number of nitrogens with zero attached hydrogens (tertiary/aromatic N) is 3. The molecule has 11 heteroatoms. The third kappa shape index (κ3) is 5.22. The average Bonchev–Trinajstić information content (AvgIpc) is 3.23. The van der Waals surface area contributed by atoms with Crippen molar-refractivity contribution < 1.29 is 23.2 Å². The van der Waals surface area contributed by atoms with Gasteiger partial charge in [0.25, 0.3) is 5.91 Å². The van der Waals surface area contributed by atoms with E-state index in [1.165, 1.54) is 0 Å². The molecule has 10 nitrogen and oxygen atoms in total. The van der Waals surface area contributed by atoms with E-state index in [1.54, 1.807) is 60.7 Å². The molecule has 0 radical (unpaired) electrons. The summed E-state index contributed by atoms with van der Waals surface area (Å²) in [5.74, 6) is -1.76. The van der Waals surface area contributed by atoms with Gasteiger partial charge in [0.05, 0.1) is 12.6 Å². The number of benzene rings is 2. The first-order chi connectivity index (χ1) is 14.4. The van der Waals surface area contributed by atoms with Crippen LogP contribution < -0.4 is 20.5 Å². The highest BCUT2D eigenvalue weighted by Gasteiger charge is 2.49. The van der Waals surface area contributed by atoms with E-state index in [9.17, 15) is 14.2 Å². The molecule has 2 aromatic rings. The Morgan fingerprint density at radius 2 is 1.60 bits per heavy atom. The Morgan fingerprint density at radius 1 is 1.07 bits per heavy atom. The minimum atomic E-state index is -4.03. The number of rotatable bonds is 9. The highest BCUT2D eigenvalue weighted by atomic mass is 31.2. The zero-order valence-corrected chi connectivity index (χ0v) is 16.9. The van der Waals surface area contributed by atoms with Gasteiger partial charge in [0.15, 0.2) is 0 Å². The number of hydrogen-bond donors (Lipinski definition) is 2. The van der Waals surface area contributed by atoms with E-state index >= 15 is 0 Å². The summed E-state index contributed by atoms with van der Waals surface area (Å²) >= 11 is 0. The summed E-state index contributed by atoms with van der Waals surface area (Å²) in [6.45, 7) is -0.0920. The van der Waals surface area contributed by atoms with Crippen molar-refractivity contribution in [3.8, 4) is 11.5 Å². The fourth-order valence-corrected chi connectivity index (χ4v) is 4.54. The summed E-state index contributed by atoms with van der Waals surface area (Å²) in [4.78, 5) is 23.8. The molecular formula is C19H22N5O5P. The number of hydrogen-bond acceptors (Lipinski definition) is 8. The van der Waals surface area contributed by atoms with Crippen LogP contribution in [0.25, 0.3) is 0 Å². The Morgan fingerprint density at radius 3 is 2.10 bits per heavy atom. The zero-order chi connectivity index (χ0) is 21.6. The Balaban J connectivity index is 1.87. The molecule has 2 aromatic carbocycles. The maximum Gasteiger partial charge on any atom is 0.457 e. The summed E-state index contributed by atoms with van der Waals surface area (Å²) in [5.41, 5.74) is 11.0. The Bertz CT molecular complexity index is 911. The van der Waals surface area contributed by atoms with Crippen LogP contribution in [0.4, 0.5) is 0 Å². The molecule has 1 aliphatic heterocycles. The summed E-state index contributed by atoms with van der Waals surface area (Å²) in [6, 6.07) is 15.8. The molecule has 4 N–H and O–H groups in total. The standard InChI is InChI=1S/C19H22N5O5P/c20-16(11-12-17(21)25)19(26)24-18(13-22-23-24)30(27,28-14-7-3-1-4-8-14)29-15-9-5-2-6-10-15/h1-10,16,18H,11-13,20H2,(H2,21,25)/t16-,18?/m0/s1. The lowest BCUT2D eigenvalue weighted by Gasteiger charge is -2.29. The maximum atomic E-state index is 13.9. The lowest BCUT2D eigenvalue weighted by atomic mass is 10.1. The molecule has 0 spiro atoms. The lowest BCUT2D eigenvalue weighted by molar-refractivity contribution is -0.133. The number of carbonyl (C=O) groups excluding carboxylic acids is 2. The van der Waals surface area contributed by atoms with Crippen molar-refractivity contribution in [2.24, 2.45) is 21.8 Å². The Kier molecular flexibility index (Phi) is 6.81. The van der Waals surface area contributed by atoms with Crippen LogP contribution in [0.15, 0.2) is 71.0 Å². The summed E-state index contributed by atoms with van der Waals surface area (Å²) in [7, 11) is -4.03. The van der Waals surface area contributed by atoms with E-state index in [0.29, 0.717) is 11.5 Å². The fourth-order valence-electron chi connectivity index (χ4n) is 2.73. The van der Waals surface area contributed by atoms with Gasteiger partial charge in [-0.2, -0.15) is 10.1 Å². The molecule has 1 aliphatic rings. The second-order valence-corrected chi connectivity index (χ2v) is 8.58. The van der Waals surface area contributed by atoms with E-state index in [1.807, 2.05) is 0 Å². The molecule has 2 amide bonds. The summed E-state index contributed by atoms with van der Waals surface area (Å²) in [5, 5.41) is 8.55. The van der Waals surface area contributed by atoms with Gasteiger partial charge in [0.1, 0.15) is 11.5 Å². The molecule has 1 heterocycles. The van der Waals surface area contributed by atoms with Crippen molar-refractivity contribution in [2.45, 2.75) is 24.7 Å². The number of para-hydroxylation sites is 2. The summed E-state index contributed by atoms with van der Waals surface area (Å²) < 4.78 is 25.4. The molecule has 30 heavy (non-hydrogen) atoms. The fraction of sp³-hybridized carbons (Fsp3) is 0.263. The van der Waals surface area contributed by atoms with Gasteiger partial charge in [-0.25, -0.2) is 4.57 Å². The normalized spacial score (nSPS) is 16.8. The van der Waals surface area contributed by atoms with Crippen molar-refractivity contribution in [3.05, 3.63) is 60.7 Å². The zero-order valence-electron chi connectivity index (χ0n) is 16.0. The second kappa shape index (κ2) is 9.51. The van der Waals surface area contributed by atoms with Gasteiger partial charge in [-0.1, -0.05) is 41.6 Å². The van der Waals surface area contributed by atoms with Crippen LogP contribution in [-0.2, 0) is 14.2 Å². The molecule has 2 atom stereocenters. The molecule has 0 saturated carbocycles. The van der Waals surface area contributed by atoms with E-state index in [-0.39, 0.29) is 19.4 Å². The molecule has 0 bridgehead atoms. The van der Waals surface area contributed by atoms with Crippen molar-refractivity contribution in [1.29, 1.82) is 0 Å². The highest BCUT2D eigenvalue weighted by Crippen LogP contribution is 2.55. The third-order valence-electron chi connectivity index (χ3n) is 4.25. The largest absolute Gasteiger partial charge is 0.457 e. The molecule has 1 unspecified atom stereocenters. The molecule has 0 fully saturated rings. The summed E-state index contributed by atoms with van der Waals surface area (Å²) in [6.07, 6.45) is -0.0441. The number of nitrogens with two attached hydrogens (primary N) is 2. The van der Waals surface area contributed by atoms with Crippen molar-refractivity contribution in [2.75, 3.05) is 6.54 Å². The van der Waals surface area contributed by atoms with Crippen LogP contribution in [0.3, 0.4) is 0 Å². The van der Waals surface area contributed by atoms with Crippen LogP contribution in [0.1, 0.15) is 12.8 Å². The predicted molar refractivity (Wildman–Crippen MR) is 109 cm³/mol. The van der Waals surface area contributed by atoms with E-state index in [4.69, 9.17) is 20.5 Å². The quantitative estimate of drug-likeness (QED) is 0.582. The van der Waals surface area contributed by atoms with E-state index in [0.717, 1.165) is 5.01 Å². The Hall–Kier alpha value is -3.23. The van der Waals surface area contributed by atoms with E-state index in [2.05, 4.69) is 10.3 Å². The van der Waals surface area contributed by atoms with Crippen LogP contribution in [0, 0.1) is 0 Å². The minimum absolute atomic E-state index is 0.0241. The monoisotopic (exact) mass is 431 g/mol. The topological polar surface area (TPSA) is 150 Å². The van der Waals surface area contributed by atoms with Crippen LogP contribution in [0.2, 0.25) is 0 Å². The van der Waals surface area contributed by atoms with Gasteiger partial charge in [-0.3, -0.25) is 9.59 Å². The van der Waals surface area contributed by atoms with Gasteiger partial charge in [-0.15, -0.1) is 0 Å². The highest BCUT2D eigenvalue weighted by molar-refractivity contribution is 7.55. The van der Waals surface area contributed by atoms with Crippen molar-refractivity contribution in [1.82, 2.24) is 5.01 Å². The van der Waals surface area contributed by atoms with Gasteiger partial charge in [-0.05, 0) is 30.7 Å². The lowest BCUT2D eigenvalue weighted by Crippen LogP contribution is -2.46. The van der Waals surface area contributed by atoms with Crippen molar-refractivity contribution in [3.63, 3.8) is 0 Å². The second-order valence-electron chi connectivity index (χ2n) is 6.54. The molecule has 0 aliphatic carbocycles. The van der Waals surface area contributed by atoms with Crippen LogP contribution >= 0.6 is 7.60 Å². The van der Waals surface area contributed by atoms with Crippen LogP contribution in [-0.4, -0.2) is 35.2 Å². The SMILES string of the molecule is NC(=O)CC[C@H](N)C(=O)N1N=NCC1P(=O)(Oc1ccccc1)Oc1ccccc1. The first kappa shape index (κ1) is 21.5. The molecule has 0 saturated heterocycles. The first-order valence-corrected chi connectivity index (χ1v) is 10.8. The number of amides is 2. The molecule has 158 valence electrons. The maximum absolute atomic E-state index is 13.9. The number of carbonyl (C=O) groups is 2. The van der Waals surface area contributed by atoms with E-state index < -0.39 is 31.2 Å². The third-order valence-corrected chi connectivity index (χ3v) is 6.29.